The Morgan fingerprint density at radius 1 is 1.59 bits per heavy atom. The van der Waals surface area contributed by atoms with Gasteiger partial charge >= 0.3 is 0 Å². The molecule has 1 saturated carbocycles. The van der Waals surface area contributed by atoms with Crippen molar-refractivity contribution in [1.29, 1.82) is 5.26 Å². The molecule has 0 saturated heterocycles. The van der Waals surface area contributed by atoms with E-state index in [9.17, 15) is 0 Å². The Morgan fingerprint density at radius 2 is 2.24 bits per heavy atom. The quantitative estimate of drug-likeness (QED) is 0.863. The molecule has 0 bridgehead atoms. The Hall–Kier alpha value is -1.41. The lowest BCUT2D eigenvalue weighted by molar-refractivity contribution is 0.246. The summed E-state index contributed by atoms with van der Waals surface area (Å²) in [5, 5.41) is 13.3. The maximum absolute atomic E-state index is 8.99. The smallest absolute Gasteiger partial charge is 0.178 e. The minimum atomic E-state index is 0.0515. The first-order valence-electron chi connectivity index (χ1n) is 5.78. The molecule has 0 spiro atoms. The van der Waals surface area contributed by atoms with Crippen LogP contribution in [0.25, 0.3) is 0 Å². The monoisotopic (exact) mass is 251 g/mol. The van der Waals surface area contributed by atoms with E-state index in [0.29, 0.717) is 28.3 Å². The molecule has 0 aromatic carbocycles. The van der Waals surface area contributed by atoms with Crippen molar-refractivity contribution < 1.29 is 4.74 Å². The van der Waals surface area contributed by atoms with E-state index in [1.807, 2.05) is 13.8 Å². The summed E-state index contributed by atoms with van der Waals surface area (Å²) in [5.74, 6) is 1.33. The van der Waals surface area contributed by atoms with Crippen LogP contribution in [0.1, 0.15) is 32.1 Å². The van der Waals surface area contributed by atoms with E-state index in [1.165, 1.54) is 17.8 Å². The largest absolute Gasteiger partial charge is 0.486 e. The van der Waals surface area contributed by atoms with Gasteiger partial charge in [0.15, 0.2) is 5.75 Å². The van der Waals surface area contributed by atoms with Gasteiger partial charge in [-0.1, -0.05) is 6.92 Å². The van der Waals surface area contributed by atoms with Gasteiger partial charge in [0.1, 0.15) is 21.6 Å². The van der Waals surface area contributed by atoms with Crippen LogP contribution in [0.5, 0.6) is 5.75 Å². The Morgan fingerprint density at radius 3 is 2.71 bits per heavy atom. The van der Waals surface area contributed by atoms with E-state index in [0.717, 1.165) is 5.00 Å². The van der Waals surface area contributed by atoms with Crippen LogP contribution in [0.15, 0.2) is 0 Å². The lowest BCUT2D eigenvalue weighted by Crippen LogP contribution is -2.09. The van der Waals surface area contributed by atoms with Gasteiger partial charge in [-0.3, -0.25) is 0 Å². The highest BCUT2D eigenvalue weighted by atomic mass is 32.1. The Bertz CT molecular complexity index is 461. The number of ether oxygens (including phenoxy) is 1. The average molecular weight is 251 g/mol. The van der Waals surface area contributed by atoms with Crippen molar-refractivity contribution >= 4 is 22.0 Å². The van der Waals surface area contributed by atoms with Crippen LogP contribution < -0.4 is 15.8 Å². The molecular formula is C12H17N3OS. The number of anilines is 2. The van der Waals surface area contributed by atoms with Gasteiger partial charge in [0.05, 0.1) is 6.10 Å². The number of thiophene rings is 1. The molecule has 0 radical (unpaired) electrons. The lowest BCUT2D eigenvalue weighted by Gasteiger charge is -2.12. The molecule has 0 amide bonds. The fourth-order valence-corrected chi connectivity index (χ4v) is 2.56. The first-order chi connectivity index (χ1) is 8.02. The normalized spacial score (nSPS) is 22.3. The zero-order valence-corrected chi connectivity index (χ0v) is 11.1. The second kappa shape index (κ2) is 4.46. The number of nitrogens with zero attached hydrogens (tertiary/aromatic N) is 1. The topological polar surface area (TPSA) is 71.1 Å². The number of nitrogens with two attached hydrogens (primary N) is 1. The van der Waals surface area contributed by atoms with E-state index in [-0.39, 0.29) is 6.10 Å². The number of nitriles is 1. The Kier molecular flexibility index (Phi) is 3.16. The van der Waals surface area contributed by atoms with Crippen LogP contribution in [0.3, 0.4) is 0 Å². The fourth-order valence-electron chi connectivity index (χ4n) is 1.65. The zero-order chi connectivity index (χ0) is 12.6. The van der Waals surface area contributed by atoms with Gasteiger partial charge in [-0.25, -0.2) is 0 Å². The third-order valence-electron chi connectivity index (χ3n) is 2.78. The number of hydrogen-bond donors (Lipinski definition) is 2. The van der Waals surface area contributed by atoms with Crippen LogP contribution in [-0.4, -0.2) is 12.1 Å². The van der Waals surface area contributed by atoms with Crippen molar-refractivity contribution in [2.45, 2.75) is 39.3 Å². The molecule has 2 atom stereocenters. The summed E-state index contributed by atoms with van der Waals surface area (Å²) in [4.78, 5) is 0.524. The molecule has 1 aromatic rings. The molecule has 17 heavy (non-hydrogen) atoms. The summed E-state index contributed by atoms with van der Waals surface area (Å²) in [5.41, 5.74) is 6.38. The van der Waals surface area contributed by atoms with Gasteiger partial charge in [0.25, 0.3) is 0 Å². The predicted octanol–water partition coefficient (Wildman–Crippen LogP) is 2.81. The van der Waals surface area contributed by atoms with E-state index < -0.39 is 0 Å². The number of nitrogen functional groups attached to an aromatic ring is 1. The molecule has 1 aliphatic rings. The molecule has 1 heterocycles. The summed E-state index contributed by atoms with van der Waals surface area (Å²) in [6.45, 7) is 6.10. The first kappa shape index (κ1) is 12.1. The highest BCUT2D eigenvalue weighted by Gasteiger charge is 2.34. The van der Waals surface area contributed by atoms with E-state index >= 15 is 0 Å². The van der Waals surface area contributed by atoms with Gasteiger partial charge in [-0.05, 0) is 26.2 Å². The van der Waals surface area contributed by atoms with Crippen LogP contribution >= 0.6 is 11.3 Å². The lowest BCUT2D eigenvalue weighted by atomic mass is 10.3. The van der Waals surface area contributed by atoms with Gasteiger partial charge in [0.2, 0.25) is 0 Å². The second-order valence-electron chi connectivity index (χ2n) is 4.75. The molecule has 1 aliphatic carbocycles. The summed E-state index contributed by atoms with van der Waals surface area (Å²) in [6, 6.07) is 2.60. The SMILES string of the molecule is CC(C)Oc1c(NC2CC2C)sc(C#N)c1N. The summed E-state index contributed by atoms with van der Waals surface area (Å²) in [6.07, 6.45) is 1.22. The number of rotatable bonds is 4. The summed E-state index contributed by atoms with van der Waals surface area (Å²) < 4.78 is 5.69. The van der Waals surface area contributed by atoms with Crippen LogP contribution in [0, 0.1) is 17.2 Å². The van der Waals surface area contributed by atoms with Gasteiger partial charge in [-0.2, -0.15) is 5.26 Å². The molecule has 4 nitrogen and oxygen atoms in total. The van der Waals surface area contributed by atoms with Crippen molar-refractivity contribution in [2.24, 2.45) is 5.92 Å². The second-order valence-corrected chi connectivity index (χ2v) is 5.77. The summed E-state index contributed by atoms with van der Waals surface area (Å²) in [7, 11) is 0. The van der Waals surface area contributed by atoms with Gasteiger partial charge in [-0.15, -0.1) is 11.3 Å². The highest BCUT2D eigenvalue weighted by molar-refractivity contribution is 7.17. The predicted molar refractivity (Wildman–Crippen MR) is 70.4 cm³/mol. The van der Waals surface area contributed by atoms with Crippen molar-refractivity contribution in [3.8, 4) is 11.8 Å². The van der Waals surface area contributed by atoms with E-state index in [2.05, 4.69) is 18.3 Å². The molecule has 1 aromatic heterocycles. The Labute approximate surface area is 105 Å². The minimum Gasteiger partial charge on any atom is -0.486 e. The Balaban J connectivity index is 2.25. The van der Waals surface area contributed by atoms with Crippen molar-refractivity contribution in [3.05, 3.63) is 4.88 Å². The summed E-state index contributed by atoms with van der Waals surface area (Å²) >= 11 is 1.38. The van der Waals surface area contributed by atoms with E-state index in [4.69, 9.17) is 15.7 Å². The molecule has 0 aliphatic heterocycles. The van der Waals surface area contributed by atoms with Crippen LogP contribution in [-0.2, 0) is 0 Å². The molecule has 2 rings (SSSR count). The third kappa shape index (κ3) is 2.47. The van der Waals surface area contributed by atoms with Gasteiger partial charge < -0.3 is 15.8 Å². The van der Waals surface area contributed by atoms with Gasteiger partial charge in [0, 0.05) is 6.04 Å². The maximum Gasteiger partial charge on any atom is 0.178 e. The molecule has 1 fully saturated rings. The fraction of sp³-hybridized carbons (Fsp3) is 0.583. The molecule has 92 valence electrons. The standard InChI is InChI=1S/C12H17N3OS/c1-6(2)16-11-10(14)9(5-13)17-12(11)15-8-4-7(8)3/h6-8,15H,4,14H2,1-3H3. The number of hydrogen-bond acceptors (Lipinski definition) is 5. The maximum atomic E-state index is 8.99. The number of nitrogens with one attached hydrogen (secondary N) is 1. The molecule has 2 unspecified atom stereocenters. The van der Waals surface area contributed by atoms with Crippen molar-refractivity contribution in [1.82, 2.24) is 0 Å². The molecule has 3 N–H and O–H groups in total. The van der Waals surface area contributed by atoms with Crippen molar-refractivity contribution in [3.63, 3.8) is 0 Å². The first-order valence-corrected chi connectivity index (χ1v) is 6.60. The highest BCUT2D eigenvalue weighted by Crippen LogP contribution is 2.45. The zero-order valence-electron chi connectivity index (χ0n) is 10.3. The third-order valence-corrected chi connectivity index (χ3v) is 3.80. The molecular weight excluding hydrogens is 234 g/mol. The van der Waals surface area contributed by atoms with E-state index in [1.54, 1.807) is 0 Å². The van der Waals surface area contributed by atoms with Crippen molar-refractivity contribution in [2.75, 3.05) is 11.1 Å². The van der Waals surface area contributed by atoms with Crippen LogP contribution in [0.2, 0.25) is 0 Å². The van der Waals surface area contributed by atoms with Crippen LogP contribution in [0.4, 0.5) is 10.7 Å². The average Bonchev–Trinajstić information content (AvgIpc) is 2.87. The minimum absolute atomic E-state index is 0.0515. The molecule has 5 heteroatoms.